The number of hydrogen-bond acceptors (Lipinski definition) is 4. The van der Waals surface area contributed by atoms with Crippen molar-refractivity contribution in [2.75, 3.05) is 13.3 Å². The molecule has 1 amide bonds. The molecule has 5 nitrogen and oxygen atoms in total. The van der Waals surface area contributed by atoms with Crippen LogP contribution in [-0.2, 0) is 0 Å². The highest BCUT2D eigenvalue weighted by molar-refractivity contribution is 5.97. The van der Waals surface area contributed by atoms with E-state index in [0.717, 1.165) is 0 Å². The van der Waals surface area contributed by atoms with Crippen LogP contribution in [0, 0.1) is 0 Å². The lowest BCUT2D eigenvalue weighted by Gasteiger charge is -2.06. The van der Waals surface area contributed by atoms with Gasteiger partial charge in [-0.2, -0.15) is 0 Å². The van der Waals surface area contributed by atoms with Gasteiger partial charge in [-0.15, -0.1) is 6.58 Å². The quantitative estimate of drug-likeness (QED) is 0.748. The molecule has 1 aromatic carbocycles. The monoisotopic (exact) mass is 221 g/mol. The third kappa shape index (κ3) is 1.79. The highest BCUT2D eigenvalue weighted by Crippen LogP contribution is 2.37. The van der Waals surface area contributed by atoms with Crippen molar-refractivity contribution in [1.29, 1.82) is 0 Å². The molecule has 16 heavy (non-hydrogen) atoms. The number of carbonyl (C=O) groups is 1. The Morgan fingerprint density at radius 1 is 1.50 bits per heavy atom. The van der Waals surface area contributed by atoms with Gasteiger partial charge >= 0.3 is 0 Å². The van der Waals surface area contributed by atoms with Crippen molar-refractivity contribution in [3.8, 4) is 17.2 Å². The van der Waals surface area contributed by atoms with Crippen molar-refractivity contribution in [2.45, 2.75) is 0 Å². The first-order chi connectivity index (χ1) is 7.72. The number of phenolic OH excluding ortho intramolecular Hbond substituents is 1. The zero-order chi connectivity index (χ0) is 11.5. The summed E-state index contributed by atoms with van der Waals surface area (Å²) in [7, 11) is 0. The molecule has 0 radical (unpaired) electrons. The van der Waals surface area contributed by atoms with Gasteiger partial charge in [0.1, 0.15) is 5.75 Å². The van der Waals surface area contributed by atoms with Crippen LogP contribution in [0.15, 0.2) is 24.8 Å². The van der Waals surface area contributed by atoms with Crippen LogP contribution in [0.25, 0.3) is 0 Å². The maximum atomic E-state index is 11.6. The number of fused-ring (bicyclic) bond motifs is 1. The van der Waals surface area contributed by atoms with Gasteiger partial charge in [0.2, 0.25) is 6.79 Å². The van der Waals surface area contributed by atoms with Gasteiger partial charge in [0.05, 0.1) is 5.56 Å². The summed E-state index contributed by atoms with van der Waals surface area (Å²) in [5, 5.41) is 12.2. The van der Waals surface area contributed by atoms with Crippen molar-refractivity contribution >= 4 is 5.91 Å². The van der Waals surface area contributed by atoms with E-state index in [9.17, 15) is 9.90 Å². The summed E-state index contributed by atoms with van der Waals surface area (Å²) in [4.78, 5) is 11.6. The summed E-state index contributed by atoms with van der Waals surface area (Å²) >= 11 is 0. The third-order valence-corrected chi connectivity index (χ3v) is 2.14. The third-order valence-electron chi connectivity index (χ3n) is 2.14. The fourth-order valence-corrected chi connectivity index (χ4v) is 1.37. The zero-order valence-corrected chi connectivity index (χ0v) is 8.53. The number of nitrogens with one attached hydrogen (secondary N) is 1. The molecule has 2 N–H and O–H groups in total. The van der Waals surface area contributed by atoms with Crippen LogP contribution >= 0.6 is 0 Å². The fourth-order valence-electron chi connectivity index (χ4n) is 1.37. The van der Waals surface area contributed by atoms with Crippen LogP contribution in [0.5, 0.6) is 17.2 Å². The molecule has 0 aromatic heterocycles. The van der Waals surface area contributed by atoms with Gasteiger partial charge in [-0.3, -0.25) is 4.79 Å². The first-order valence-corrected chi connectivity index (χ1v) is 4.74. The Balaban J connectivity index is 2.27. The SMILES string of the molecule is C=CCNC(=O)c1cc2c(cc1O)OCO2. The first-order valence-electron chi connectivity index (χ1n) is 4.74. The minimum absolute atomic E-state index is 0.104. The molecule has 1 heterocycles. The van der Waals surface area contributed by atoms with E-state index in [4.69, 9.17) is 9.47 Å². The lowest BCUT2D eigenvalue weighted by atomic mass is 10.1. The Morgan fingerprint density at radius 2 is 2.19 bits per heavy atom. The van der Waals surface area contributed by atoms with E-state index in [2.05, 4.69) is 11.9 Å². The molecule has 0 bridgehead atoms. The predicted octanol–water partition coefficient (Wildman–Crippen LogP) is 1.04. The van der Waals surface area contributed by atoms with Crippen LogP contribution < -0.4 is 14.8 Å². The van der Waals surface area contributed by atoms with Gasteiger partial charge in [0.15, 0.2) is 11.5 Å². The number of hydrogen-bond donors (Lipinski definition) is 2. The van der Waals surface area contributed by atoms with E-state index in [1.165, 1.54) is 12.1 Å². The van der Waals surface area contributed by atoms with E-state index >= 15 is 0 Å². The molecule has 1 aliphatic heterocycles. The fraction of sp³-hybridized carbons (Fsp3) is 0.182. The van der Waals surface area contributed by atoms with Crippen molar-refractivity contribution < 1.29 is 19.4 Å². The summed E-state index contributed by atoms with van der Waals surface area (Å²) in [5.41, 5.74) is 0.158. The Morgan fingerprint density at radius 3 is 2.88 bits per heavy atom. The average Bonchev–Trinajstić information content (AvgIpc) is 2.71. The summed E-state index contributed by atoms with van der Waals surface area (Å²) in [6.07, 6.45) is 1.56. The van der Waals surface area contributed by atoms with Gasteiger partial charge in [-0.1, -0.05) is 6.08 Å². The molecule has 0 fully saturated rings. The highest BCUT2D eigenvalue weighted by Gasteiger charge is 2.20. The summed E-state index contributed by atoms with van der Waals surface area (Å²) in [6.45, 7) is 3.93. The average molecular weight is 221 g/mol. The molecular weight excluding hydrogens is 210 g/mol. The number of phenols is 1. The van der Waals surface area contributed by atoms with Gasteiger partial charge in [0, 0.05) is 18.7 Å². The number of amides is 1. The van der Waals surface area contributed by atoms with Crippen molar-refractivity contribution in [1.82, 2.24) is 5.32 Å². The van der Waals surface area contributed by atoms with Crippen molar-refractivity contribution in [3.05, 3.63) is 30.4 Å². The molecule has 0 atom stereocenters. The van der Waals surface area contributed by atoms with Crippen LogP contribution in [0.2, 0.25) is 0 Å². The van der Waals surface area contributed by atoms with Gasteiger partial charge in [-0.05, 0) is 0 Å². The van der Waals surface area contributed by atoms with Crippen LogP contribution in [0.1, 0.15) is 10.4 Å². The Hall–Kier alpha value is -2.17. The van der Waals surface area contributed by atoms with Crippen LogP contribution in [-0.4, -0.2) is 24.4 Å². The highest BCUT2D eigenvalue weighted by atomic mass is 16.7. The largest absolute Gasteiger partial charge is 0.507 e. The second-order valence-corrected chi connectivity index (χ2v) is 3.22. The molecular formula is C11H11NO4. The number of aromatic hydroxyl groups is 1. The molecule has 5 heteroatoms. The maximum Gasteiger partial charge on any atom is 0.255 e. The predicted molar refractivity (Wildman–Crippen MR) is 56.8 cm³/mol. The Labute approximate surface area is 92.3 Å². The number of carbonyl (C=O) groups excluding carboxylic acids is 1. The first kappa shape index (κ1) is 10.4. The molecule has 0 saturated heterocycles. The molecule has 2 rings (SSSR count). The molecule has 0 unspecified atom stereocenters. The number of benzene rings is 1. The van der Waals surface area contributed by atoms with Gasteiger partial charge < -0.3 is 19.9 Å². The van der Waals surface area contributed by atoms with E-state index in [0.29, 0.717) is 18.0 Å². The number of rotatable bonds is 3. The molecule has 0 spiro atoms. The van der Waals surface area contributed by atoms with E-state index < -0.39 is 0 Å². The minimum Gasteiger partial charge on any atom is -0.507 e. The smallest absolute Gasteiger partial charge is 0.255 e. The van der Waals surface area contributed by atoms with E-state index in [-0.39, 0.29) is 24.0 Å². The van der Waals surface area contributed by atoms with Crippen LogP contribution in [0.4, 0.5) is 0 Å². The second-order valence-electron chi connectivity index (χ2n) is 3.22. The summed E-state index contributed by atoms with van der Waals surface area (Å²) in [5.74, 6) is 0.390. The second kappa shape index (κ2) is 4.14. The molecule has 84 valence electrons. The van der Waals surface area contributed by atoms with E-state index in [1.54, 1.807) is 6.08 Å². The van der Waals surface area contributed by atoms with Crippen molar-refractivity contribution in [3.63, 3.8) is 0 Å². The lowest BCUT2D eigenvalue weighted by Crippen LogP contribution is -2.23. The summed E-state index contributed by atoms with van der Waals surface area (Å²) in [6, 6.07) is 2.82. The normalized spacial score (nSPS) is 12.2. The Kier molecular flexibility index (Phi) is 2.68. The van der Waals surface area contributed by atoms with Gasteiger partial charge in [-0.25, -0.2) is 0 Å². The maximum absolute atomic E-state index is 11.6. The zero-order valence-electron chi connectivity index (χ0n) is 8.53. The van der Waals surface area contributed by atoms with Crippen LogP contribution in [0.3, 0.4) is 0 Å². The lowest BCUT2D eigenvalue weighted by molar-refractivity contribution is 0.0955. The standard InChI is InChI=1S/C11H11NO4/c1-2-3-12-11(14)7-4-9-10(5-8(7)13)16-6-15-9/h2,4-5,13H,1,3,6H2,(H,12,14). The minimum atomic E-state index is -0.379. The molecule has 0 aliphatic carbocycles. The summed E-state index contributed by atoms with van der Waals surface area (Å²) < 4.78 is 10.2. The van der Waals surface area contributed by atoms with E-state index in [1.807, 2.05) is 0 Å². The molecule has 1 aliphatic rings. The molecule has 0 saturated carbocycles. The molecule has 1 aromatic rings. The Bertz CT molecular complexity index is 442. The van der Waals surface area contributed by atoms with Crippen molar-refractivity contribution in [2.24, 2.45) is 0 Å². The van der Waals surface area contributed by atoms with Gasteiger partial charge in [0.25, 0.3) is 5.91 Å². The topological polar surface area (TPSA) is 67.8 Å². The number of ether oxygens (including phenoxy) is 2.